The Balaban J connectivity index is 0.00000208. The Morgan fingerprint density at radius 3 is 2.88 bits per heavy atom. The van der Waals surface area contributed by atoms with Gasteiger partial charge in [-0.25, -0.2) is 4.98 Å². The molecule has 3 rings (SSSR count). The van der Waals surface area contributed by atoms with E-state index in [1.165, 1.54) is 16.9 Å². The van der Waals surface area contributed by atoms with Crippen molar-refractivity contribution in [2.75, 3.05) is 25.1 Å². The van der Waals surface area contributed by atoms with Crippen LogP contribution in [0, 0.1) is 0 Å². The Hall–Kier alpha value is -1.47. The summed E-state index contributed by atoms with van der Waals surface area (Å²) in [4.78, 5) is 16.6. The molecule has 24 heavy (non-hydrogen) atoms. The van der Waals surface area contributed by atoms with E-state index in [0.717, 1.165) is 24.2 Å². The van der Waals surface area contributed by atoms with Crippen molar-refractivity contribution in [3.63, 3.8) is 0 Å². The topological polar surface area (TPSA) is 63.2 Å². The Morgan fingerprint density at radius 1 is 1.42 bits per heavy atom. The van der Waals surface area contributed by atoms with Gasteiger partial charge in [0.1, 0.15) is 0 Å². The number of aromatic nitrogens is 1. The third-order valence-electron chi connectivity index (χ3n) is 3.84. The van der Waals surface area contributed by atoms with Crippen molar-refractivity contribution in [2.24, 2.45) is 0 Å². The predicted molar refractivity (Wildman–Crippen MR) is 100 cm³/mol. The van der Waals surface area contributed by atoms with Gasteiger partial charge in [-0.05, 0) is 12.0 Å². The number of nitrogens with one attached hydrogen (secondary N) is 2. The van der Waals surface area contributed by atoms with Gasteiger partial charge in [0, 0.05) is 30.0 Å². The van der Waals surface area contributed by atoms with E-state index in [1.54, 1.807) is 0 Å². The number of carbonyl (C=O) groups excluding carboxylic acids is 1. The Labute approximate surface area is 152 Å². The summed E-state index contributed by atoms with van der Waals surface area (Å²) >= 11 is 1.45. The first-order valence-electron chi connectivity index (χ1n) is 7.90. The third-order valence-corrected chi connectivity index (χ3v) is 4.60. The van der Waals surface area contributed by atoms with Crippen molar-refractivity contribution >= 4 is 34.8 Å². The van der Waals surface area contributed by atoms with E-state index in [-0.39, 0.29) is 24.4 Å². The van der Waals surface area contributed by atoms with Gasteiger partial charge < -0.3 is 15.4 Å². The summed E-state index contributed by atoms with van der Waals surface area (Å²) in [5.41, 5.74) is 3.27. The Kier molecular flexibility index (Phi) is 7.17. The van der Waals surface area contributed by atoms with Crippen LogP contribution in [0.1, 0.15) is 18.9 Å². The van der Waals surface area contributed by atoms with Crippen molar-refractivity contribution in [3.8, 4) is 11.3 Å². The normalized spacial score (nSPS) is 17.1. The van der Waals surface area contributed by atoms with Crippen LogP contribution in [0.4, 0.5) is 5.13 Å². The summed E-state index contributed by atoms with van der Waals surface area (Å²) in [6, 6.07) is 8.46. The highest BCUT2D eigenvalue weighted by Crippen LogP contribution is 2.25. The van der Waals surface area contributed by atoms with Crippen LogP contribution in [0.3, 0.4) is 0 Å². The van der Waals surface area contributed by atoms with E-state index in [9.17, 15) is 4.79 Å². The predicted octanol–water partition coefficient (Wildman–Crippen LogP) is 3.11. The van der Waals surface area contributed by atoms with Crippen LogP contribution in [0.25, 0.3) is 11.3 Å². The molecule has 1 atom stereocenters. The van der Waals surface area contributed by atoms with Gasteiger partial charge >= 0.3 is 0 Å². The highest BCUT2D eigenvalue weighted by Gasteiger charge is 2.17. The van der Waals surface area contributed by atoms with Crippen molar-refractivity contribution in [2.45, 2.75) is 25.8 Å². The van der Waals surface area contributed by atoms with Crippen LogP contribution in [-0.2, 0) is 16.0 Å². The Bertz CT molecular complexity index is 654. The minimum atomic E-state index is -0.0322. The quantitative estimate of drug-likeness (QED) is 0.852. The molecule has 7 heteroatoms. The molecule has 0 bridgehead atoms. The maximum Gasteiger partial charge on any atom is 0.227 e. The number of amides is 1. The molecule has 0 spiro atoms. The summed E-state index contributed by atoms with van der Waals surface area (Å²) < 4.78 is 5.36. The molecule has 0 radical (unpaired) electrons. The minimum Gasteiger partial charge on any atom is -0.378 e. The van der Waals surface area contributed by atoms with E-state index >= 15 is 0 Å². The number of anilines is 1. The number of carbonyl (C=O) groups is 1. The van der Waals surface area contributed by atoms with Gasteiger partial charge in [-0.15, -0.1) is 23.7 Å². The first-order chi connectivity index (χ1) is 11.2. The molecular weight excluding hydrogens is 346 g/mol. The van der Waals surface area contributed by atoms with Crippen LogP contribution in [0.15, 0.2) is 29.6 Å². The second-order valence-corrected chi connectivity index (χ2v) is 6.42. The summed E-state index contributed by atoms with van der Waals surface area (Å²) in [6.07, 6.45) is 1.43. The van der Waals surface area contributed by atoms with Crippen molar-refractivity contribution in [1.82, 2.24) is 10.3 Å². The fourth-order valence-electron chi connectivity index (χ4n) is 2.52. The highest BCUT2D eigenvalue weighted by molar-refractivity contribution is 7.14. The van der Waals surface area contributed by atoms with Crippen LogP contribution in [0.2, 0.25) is 0 Å². The zero-order valence-corrected chi connectivity index (χ0v) is 15.2. The number of halogens is 1. The molecule has 0 aliphatic carbocycles. The fraction of sp³-hybridized carbons (Fsp3) is 0.412. The first kappa shape index (κ1) is 18.9. The summed E-state index contributed by atoms with van der Waals surface area (Å²) in [6.45, 7) is 4.23. The number of thiazole rings is 1. The molecule has 1 fully saturated rings. The van der Waals surface area contributed by atoms with Crippen molar-refractivity contribution in [3.05, 3.63) is 35.2 Å². The molecule has 2 N–H and O–H groups in total. The number of morpholine rings is 1. The minimum absolute atomic E-state index is 0. The molecule has 1 aromatic heterocycles. The van der Waals surface area contributed by atoms with Gasteiger partial charge in [-0.3, -0.25) is 4.79 Å². The average molecular weight is 368 g/mol. The number of ether oxygens (including phenoxy) is 1. The maximum atomic E-state index is 12.1. The maximum absolute atomic E-state index is 12.1. The van der Waals surface area contributed by atoms with Gasteiger partial charge in [-0.2, -0.15) is 0 Å². The highest BCUT2D eigenvalue weighted by atomic mass is 35.5. The molecule has 0 saturated carbocycles. The molecule has 5 nitrogen and oxygen atoms in total. The second-order valence-electron chi connectivity index (χ2n) is 5.57. The van der Waals surface area contributed by atoms with Gasteiger partial charge in [0.2, 0.25) is 5.91 Å². The molecular formula is C17H22ClN3O2S. The Morgan fingerprint density at radius 2 is 2.21 bits per heavy atom. The van der Waals surface area contributed by atoms with Crippen LogP contribution >= 0.6 is 23.7 Å². The number of aryl methyl sites for hydroxylation is 1. The smallest absolute Gasteiger partial charge is 0.227 e. The average Bonchev–Trinajstić information content (AvgIpc) is 3.04. The standard InChI is InChI=1S/C17H21N3O2S.ClH/c1-2-12-3-5-13(6-4-12)15-11-23-17(19-15)20-16(21)9-14-10-22-8-7-18-14;/h3-6,11,14,18H,2,7-10H2,1H3,(H,19,20,21);1H. The van der Waals surface area contributed by atoms with Gasteiger partial charge in [0.15, 0.2) is 5.13 Å². The zero-order chi connectivity index (χ0) is 16.1. The van der Waals surface area contributed by atoms with E-state index in [2.05, 4.69) is 46.8 Å². The lowest BCUT2D eigenvalue weighted by molar-refractivity contribution is -0.117. The van der Waals surface area contributed by atoms with E-state index < -0.39 is 0 Å². The van der Waals surface area contributed by atoms with Gasteiger partial charge in [-0.1, -0.05) is 31.2 Å². The molecule has 1 saturated heterocycles. The lowest BCUT2D eigenvalue weighted by Gasteiger charge is -2.22. The number of hydrogen-bond donors (Lipinski definition) is 2. The number of hydrogen-bond acceptors (Lipinski definition) is 5. The van der Waals surface area contributed by atoms with E-state index in [4.69, 9.17) is 4.74 Å². The lowest BCUT2D eigenvalue weighted by Crippen LogP contribution is -2.43. The molecule has 2 aromatic rings. The SMILES string of the molecule is CCc1ccc(-c2csc(NC(=O)CC3COCCN3)n2)cc1.Cl. The zero-order valence-electron chi connectivity index (χ0n) is 13.6. The van der Waals surface area contributed by atoms with Gasteiger partial charge in [0.05, 0.1) is 18.9 Å². The number of rotatable bonds is 5. The van der Waals surface area contributed by atoms with Crippen LogP contribution in [0.5, 0.6) is 0 Å². The molecule has 130 valence electrons. The second kappa shape index (κ2) is 9.13. The van der Waals surface area contributed by atoms with Crippen molar-refractivity contribution < 1.29 is 9.53 Å². The molecule has 1 aromatic carbocycles. The van der Waals surface area contributed by atoms with Crippen LogP contribution < -0.4 is 10.6 Å². The van der Waals surface area contributed by atoms with E-state index in [1.807, 2.05) is 5.38 Å². The van der Waals surface area contributed by atoms with Crippen LogP contribution in [-0.4, -0.2) is 36.7 Å². The van der Waals surface area contributed by atoms with Gasteiger partial charge in [0.25, 0.3) is 0 Å². The number of nitrogens with zero attached hydrogens (tertiary/aromatic N) is 1. The summed E-state index contributed by atoms with van der Waals surface area (Å²) in [5, 5.41) is 8.76. The third kappa shape index (κ3) is 5.01. The lowest BCUT2D eigenvalue weighted by atomic mass is 10.1. The molecule has 1 amide bonds. The molecule has 1 aliphatic rings. The molecule has 1 unspecified atom stereocenters. The van der Waals surface area contributed by atoms with Crippen molar-refractivity contribution in [1.29, 1.82) is 0 Å². The number of benzene rings is 1. The van der Waals surface area contributed by atoms with E-state index in [0.29, 0.717) is 24.8 Å². The largest absolute Gasteiger partial charge is 0.378 e. The first-order valence-corrected chi connectivity index (χ1v) is 8.78. The summed E-state index contributed by atoms with van der Waals surface area (Å²) in [7, 11) is 0. The molecule has 2 heterocycles. The molecule has 1 aliphatic heterocycles. The summed E-state index contributed by atoms with van der Waals surface area (Å²) in [5.74, 6) is -0.0322. The monoisotopic (exact) mass is 367 g/mol. The fourth-order valence-corrected chi connectivity index (χ4v) is 3.26.